The van der Waals surface area contributed by atoms with Gasteiger partial charge in [0.1, 0.15) is 5.75 Å². The van der Waals surface area contributed by atoms with E-state index < -0.39 is 0 Å². The molecule has 1 amide bonds. The first-order chi connectivity index (χ1) is 11.1. The average Bonchev–Trinajstić information content (AvgIpc) is 2.55. The second-order valence-corrected chi connectivity index (χ2v) is 5.70. The van der Waals surface area contributed by atoms with Crippen LogP contribution in [-0.2, 0) is 4.79 Å². The molecule has 0 radical (unpaired) electrons. The standard InChI is InChI=1S/C19H24N2O2/c1-14(2)17-9-4-5-10-18(17)20-12-11-19(22)21-15-7-6-8-16(13-15)23-3/h4-10,13-14,20H,11-12H2,1-3H3,(H,21,22). The van der Waals surface area contributed by atoms with E-state index in [0.717, 1.165) is 17.1 Å². The smallest absolute Gasteiger partial charge is 0.226 e. The van der Waals surface area contributed by atoms with Crippen LogP contribution in [0.5, 0.6) is 5.75 Å². The van der Waals surface area contributed by atoms with Gasteiger partial charge in [0.2, 0.25) is 5.91 Å². The van der Waals surface area contributed by atoms with Gasteiger partial charge in [-0.1, -0.05) is 38.1 Å². The van der Waals surface area contributed by atoms with Crippen molar-refractivity contribution in [1.29, 1.82) is 0 Å². The Labute approximate surface area is 137 Å². The molecular weight excluding hydrogens is 288 g/mol. The molecule has 2 aromatic carbocycles. The van der Waals surface area contributed by atoms with Crippen LogP contribution in [0.3, 0.4) is 0 Å². The van der Waals surface area contributed by atoms with E-state index in [-0.39, 0.29) is 5.91 Å². The van der Waals surface area contributed by atoms with E-state index >= 15 is 0 Å². The lowest BCUT2D eigenvalue weighted by Crippen LogP contribution is -2.16. The van der Waals surface area contributed by atoms with Gasteiger partial charge < -0.3 is 15.4 Å². The molecule has 0 saturated heterocycles. The predicted molar refractivity (Wildman–Crippen MR) is 95.3 cm³/mol. The molecule has 0 aromatic heterocycles. The van der Waals surface area contributed by atoms with Crippen LogP contribution in [0, 0.1) is 0 Å². The van der Waals surface area contributed by atoms with Crippen molar-refractivity contribution < 1.29 is 9.53 Å². The van der Waals surface area contributed by atoms with Crippen molar-refractivity contribution in [3.63, 3.8) is 0 Å². The highest BCUT2D eigenvalue weighted by Gasteiger charge is 2.07. The first-order valence-electron chi connectivity index (χ1n) is 7.87. The topological polar surface area (TPSA) is 50.4 Å². The minimum absolute atomic E-state index is 0.0206. The lowest BCUT2D eigenvalue weighted by atomic mass is 10.0. The molecule has 0 heterocycles. The molecule has 0 aliphatic rings. The number of benzene rings is 2. The summed E-state index contributed by atoms with van der Waals surface area (Å²) >= 11 is 0. The molecule has 4 nitrogen and oxygen atoms in total. The molecule has 2 aromatic rings. The van der Waals surface area contributed by atoms with Crippen molar-refractivity contribution in [2.24, 2.45) is 0 Å². The summed E-state index contributed by atoms with van der Waals surface area (Å²) in [6.07, 6.45) is 0.406. The van der Waals surface area contributed by atoms with Gasteiger partial charge in [0, 0.05) is 30.4 Å². The quantitative estimate of drug-likeness (QED) is 0.803. The van der Waals surface area contributed by atoms with Crippen molar-refractivity contribution in [3.8, 4) is 5.75 Å². The summed E-state index contributed by atoms with van der Waals surface area (Å²) in [6, 6.07) is 15.6. The van der Waals surface area contributed by atoms with Gasteiger partial charge in [-0.25, -0.2) is 0 Å². The van der Waals surface area contributed by atoms with Crippen molar-refractivity contribution in [2.75, 3.05) is 24.3 Å². The van der Waals surface area contributed by atoms with Crippen molar-refractivity contribution in [2.45, 2.75) is 26.2 Å². The third-order valence-corrected chi connectivity index (χ3v) is 3.60. The van der Waals surface area contributed by atoms with Gasteiger partial charge in [-0.3, -0.25) is 4.79 Å². The summed E-state index contributed by atoms with van der Waals surface area (Å²) in [5, 5.41) is 6.23. The molecule has 0 aliphatic heterocycles. The Morgan fingerprint density at radius 1 is 1.13 bits per heavy atom. The molecule has 2 rings (SSSR count). The lowest BCUT2D eigenvalue weighted by Gasteiger charge is -2.14. The molecule has 0 fully saturated rings. The zero-order chi connectivity index (χ0) is 16.7. The van der Waals surface area contributed by atoms with Gasteiger partial charge in [0.15, 0.2) is 0 Å². The second-order valence-electron chi connectivity index (χ2n) is 5.70. The van der Waals surface area contributed by atoms with Crippen molar-refractivity contribution in [1.82, 2.24) is 0 Å². The fourth-order valence-electron chi connectivity index (χ4n) is 2.40. The highest BCUT2D eigenvalue weighted by molar-refractivity contribution is 5.91. The van der Waals surface area contributed by atoms with E-state index in [4.69, 9.17) is 4.74 Å². The van der Waals surface area contributed by atoms with E-state index in [2.05, 4.69) is 36.6 Å². The van der Waals surface area contributed by atoms with Gasteiger partial charge in [-0.2, -0.15) is 0 Å². The molecule has 0 atom stereocenters. The minimum atomic E-state index is -0.0206. The normalized spacial score (nSPS) is 10.4. The monoisotopic (exact) mass is 312 g/mol. The van der Waals surface area contributed by atoms with Crippen LogP contribution >= 0.6 is 0 Å². The molecular formula is C19H24N2O2. The Morgan fingerprint density at radius 3 is 2.65 bits per heavy atom. The van der Waals surface area contributed by atoms with E-state index in [1.165, 1.54) is 5.56 Å². The van der Waals surface area contributed by atoms with E-state index in [0.29, 0.717) is 18.9 Å². The SMILES string of the molecule is COc1cccc(NC(=O)CCNc2ccccc2C(C)C)c1. The molecule has 2 N–H and O–H groups in total. The summed E-state index contributed by atoms with van der Waals surface area (Å²) in [5.41, 5.74) is 3.11. The number of amides is 1. The Kier molecular flexibility index (Phi) is 6.03. The van der Waals surface area contributed by atoms with Gasteiger partial charge >= 0.3 is 0 Å². The summed E-state index contributed by atoms with van der Waals surface area (Å²) < 4.78 is 5.15. The van der Waals surface area contributed by atoms with Crippen molar-refractivity contribution in [3.05, 3.63) is 54.1 Å². The Morgan fingerprint density at radius 2 is 1.91 bits per heavy atom. The largest absolute Gasteiger partial charge is 0.497 e. The van der Waals surface area contributed by atoms with E-state index in [9.17, 15) is 4.79 Å². The molecule has 0 saturated carbocycles. The fourth-order valence-corrected chi connectivity index (χ4v) is 2.40. The predicted octanol–water partition coefficient (Wildman–Crippen LogP) is 4.26. The van der Waals surface area contributed by atoms with Crippen LogP contribution in [0.4, 0.5) is 11.4 Å². The number of rotatable bonds is 7. The second kappa shape index (κ2) is 8.22. The van der Waals surface area contributed by atoms with Crippen LogP contribution in [0.2, 0.25) is 0 Å². The minimum Gasteiger partial charge on any atom is -0.497 e. The van der Waals surface area contributed by atoms with Gasteiger partial charge in [0.05, 0.1) is 7.11 Å². The van der Waals surface area contributed by atoms with Crippen molar-refractivity contribution >= 4 is 17.3 Å². The maximum atomic E-state index is 12.0. The number of hydrogen-bond acceptors (Lipinski definition) is 3. The number of ether oxygens (including phenoxy) is 1. The highest BCUT2D eigenvalue weighted by atomic mass is 16.5. The summed E-state index contributed by atoms with van der Waals surface area (Å²) in [7, 11) is 1.61. The van der Waals surface area contributed by atoms with Gasteiger partial charge in [-0.05, 0) is 29.7 Å². The maximum absolute atomic E-state index is 12.0. The first kappa shape index (κ1) is 16.9. The third-order valence-electron chi connectivity index (χ3n) is 3.60. The highest BCUT2D eigenvalue weighted by Crippen LogP contribution is 2.23. The summed E-state index contributed by atoms with van der Waals surface area (Å²) in [4.78, 5) is 12.0. The van der Waals surface area contributed by atoms with Gasteiger partial charge in [0.25, 0.3) is 0 Å². The summed E-state index contributed by atoms with van der Waals surface area (Å²) in [5.74, 6) is 1.16. The first-order valence-corrected chi connectivity index (χ1v) is 7.87. The molecule has 0 bridgehead atoms. The van der Waals surface area contributed by atoms with Gasteiger partial charge in [-0.15, -0.1) is 0 Å². The summed E-state index contributed by atoms with van der Waals surface area (Å²) in [6.45, 7) is 4.92. The van der Waals surface area contributed by atoms with Crippen LogP contribution in [0.15, 0.2) is 48.5 Å². The molecule has 23 heavy (non-hydrogen) atoms. The number of carbonyl (C=O) groups is 1. The zero-order valence-corrected chi connectivity index (χ0v) is 13.9. The molecule has 0 unspecified atom stereocenters. The number of para-hydroxylation sites is 1. The molecule has 122 valence electrons. The van der Waals surface area contributed by atoms with Crippen LogP contribution in [0.25, 0.3) is 0 Å². The fraction of sp³-hybridized carbons (Fsp3) is 0.316. The number of carbonyl (C=O) groups excluding carboxylic acids is 1. The van der Waals surface area contributed by atoms with Crippen LogP contribution in [0.1, 0.15) is 31.7 Å². The average molecular weight is 312 g/mol. The Bertz CT molecular complexity index is 653. The Balaban J connectivity index is 1.85. The van der Waals surface area contributed by atoms with E-state index in [1.54, 1.807) is 13.2 Å². The lowest BCUT2D eigenvalue weighted by molar-refractivity contribution is -0.115. The number of hydrogen-bond donors (Lipinski definition) is 2. The maximum Gasteiger partial charge on any atom is 0.226 e. The van der Waals surface area contributed by atoms with E-state index in [1.807, 2.05) is 30.3 Å². The number of anilines is 2. The third kappa shape index (κ3) is 5.02. The Hall–Kier alpha value is -2.49. The van der Waals surface area contributed by atoms with Crippen LogP contribution < -0.4 is 15.4 Å². The molecule has 0 spiro atoms. The zero-order valence-electron chi connectivity index (χ0n) is 13.9. The van der Waals surface area contributed by atoms with Crippen LogP contribution in [-0.4, -0.2) is 19.6 Å². The number of nitrogens with one attached hydrogen (secondary N) is 2. The number of methoxy groups -OCH3 is 1. The molecule has 0 aliphatic carbocycles. The molecule has 4 heteroatoms.